The van der Waals surface area contributed by atoms with Gasteiger partial charge in [-0.3, -0.25) is 9.11 Å². The third-order valence-corrected chi connectivity index (χ3v) is 2.82. The van der Waals surface area contributed by atoms with Crippen molar-refractivity contribution < 1.29 is 54.4 Å². The highest BCUT2D eigenvalue weighted by Gasteiger charge is 2.37. The number of aliphatic hydroxyl groups excluding tert-OH is 3. The van der Waals surface area contributed by atoms with Gasteiger partial charge in [0.05, 0.1) is 6.61 Å². The van der Waals surface area contributed by atoms with E-state index in [0.717, 1.165) is 0 Å². The second-order valence-corrected chi connectivity index (χ2v) is 5.45. The van der Waals surface area contributed by atoms with Gasteiger partial charge < -0.3 is 20.1 Å². The fraction of sp³-hybridized carbons (Fsp3) is 0.833. The fourth-order valence-electron chi connectivity index (χ4n) is 1.07. The van der Waals surface area contributed by atoms with Gasteiger partial charge in [-0.15, -0.1) is 0 Å². The molecule has 0 spiro atoms. The minimum atomic E-state index is -5.15. The first-order chi connectivity index (χ1) is 8.91. The van der Waals surface area contributed by atoms with Crippen LogP contribution in [0.3, 0.4) is 0 Å². The molecule has 0 radical (unpaired) electrons. The maximum atomic E-state index is 10.5. The molecule has 5 N–H and O–H groups in total. The summed E-state index contributed by atoms with van der Waals surface area (Å²) in [5.74, 6) is 0. The van der Waals surface area contributed by atoms with Crippen LogP contribution in [0.5, 0.6) is 0 Å². The topological polar surface area (TPSA) is 205 Å². The minimum absolute atomic E-state index is 0.316. The first kappa shape index (κ1) is 19.3. The molecule has 0 saturated heterocycles. The Morgan fingerprint density at radius 1 is 0.950 bits per heavy atom. The second kappa shape index (κ2) is 7.34. The Hall–Kier alpha value is -0.710. The first-order valence-electron chi connectivity index (χ1n) is 4.65. The van der Waals surface area contributed by atoms with Crippen molar-refractivity contribution in [3.63, 3.8) is 0 Å². The van der Waals surface area contributed by atoms with Crippen molar-refractivity contribution in [2.24, 2.45) is 0 Å². The SMILES string of the molecule is O=C[C@@H](OS(=O)(=O)O)[C@@H](O)[C@H](O)[C@@H](CO)OS(=O)(=O)O. The number of hydrogen-bond donors (Lipinski definition) is 5. The molecule has 0 aromatic rings. The molecule has 0 bridgehead atoms. The third-order valence-electron chi connectivity index (χ3n) is 1.86. The molecular weight excluding hydrogens is 328 g/mol. The molecule has 0 aliphatic carbocycles. The molecule has 0 fully saturated rings. The minimum Gasteiger partial charge on any atom is -0.394 e. The van der Waals surface area contributed by atoms with Gasteiger partial charge in [0.25, 0.3) is 0 Å². The van der Waals surface area contributed by atoms with E-state index < -0.39 is 51.8 Å². The van der Waals surface area contributed by atoms with Gasteiger partial charge in [0.2, 0.25) is 0 Å². The molecule has 0 aromatic heterocycles. The van der Waals surface area contributed by atoms with Crippen LogP contribution < -0.4 is 0 Å². The third kappa shape index (κ3) is 7.17. The summed E-state index contributed by atoms with van der Waals surface area (Å²) < 4.78 is 65.6. The van der Waals surface area contributed by atoms with Crippen LogP contribution in [0.2, 0.25) is 0 Å². The summed E-state index contributed by atoms with van der Waals surface area (Å²) in [4.78, 5) is 10.5. The number of aliphatic hydroxyl groups is 3. The lowest BCUT2D eigenvalue weighted by Crippen LogP contribution is -2.49. The van der Waals surface area contributed by atoms with Crippen LogP contribution >= 0.6 is 0 Å². The van der Waals surface area contributed by atoms with E-state index in [2.05, 4.69) is 8.37 Å². The van der Waals surface area contributed by atoms with Crippen LogP contribution in [0.4, 0.5) is 0 Å². The highest BCUT2D eigenvalue weighted by molar-refractivity contribution is 7.81. The van der Waals surface area contributed by atoms with Gasteiger partial charge in [-0.2, -0.15) is 16.8 Å². The maximum absolute atomic E-state index is 10.5. The number of hydrogen-bond acceptors (Lipinski definition) is 10. The van der Waals surface area contributed by atoms with Crippen molar-refractivity contribution in [3.8, 4) is 0 Å². The largest absolute Gasteiger partial charge is 0.398 e. The molecule has 0 heterocycles. The van der Waals surface area contributed by atoms with E-state index in [-0.39, 0.29) is 6.29 Å². The van der Waals surface area contributed by atoms with Crippen LogP contribution in [-0.4, -0.2) is 78.6 Å². The van der Waals surface area contributed by atoms with Crippen molar-refractivity contribution in [1.29, 1.82) is 0 Å². The van der Waals surface area contributed by atoms with Crippen LogP contribution in [-0.2, 0) is 34.0 Å². The Bertz CT molecular complexity index is 508. The van der Waals surface area contributed by atoms with Gasteiger partial charge in [0.1, 0.15) is 18.3 Å². The summed E-state index contributed by atoms with van der Waals surface area (Å²) >= 11 is 0. The normalized spacial score (nSPS) is 19.1. The molecule has 4 atom stereocenters. The summed E-state index contributed by atoms with van der Waals surface area (Å²) in [6.07, 6.45) is -9.48. The smallest absolute Gasteiger partial charge is 0.394 e. The Morgan fingerprint density at radius 3 is 1.70 bits per heavy atom. The molecule has 0 aromatic carbocycles. The van der Waals surface area contributed by atoms with Crippen molar-refractivity contribution in [2.45, 2.75) is 24.4 Å². The van der Waals surface area contributed by atoms with Crippen molar-refractivity contribution >= 4 is 27.1 Å². The molecule has 0 unspecified atom stereocenters. The lowest BCUT2D eigenvalue weighted by Gasteiger charge is -2.26. The van der Waals surface area contributed by atoms with Gasteiger partial charge in [0, 0.05) is 0 Å². The molecule has 120 valence electrons. The number of aldehydes is 1. The van der Waals surface area contributed by atoms with E-state index in [4.69, 9.17) is 14.2 Å². The molecular formula is C6H12O12S2. The summed E-state index contributed by atoms with van der Waals surface area (Å²) in [6.45, 7) is -1.23. The van der Waals surface area contributed by atoms with E-state index in [1.165, 1.54) is 0 Å². The highest BCUT2D eigenvalue weighted by atomic mass is 32.3. The standard InChI is InChI=1S/C6H12O12S2/c7-1-3(17-19(11,12)13)5(9)6(10)4(2-8)18-20(14,15)16/h1,3-6,8-10H,2H2,(H,11,12,13)(H,14,15,16)/t3-,4-,5-,6-/m1/s1. The van der Waals surface area contributed by atoms with Gasteiger partial charge >= 0.3 is 20.8 Å². The van der Waals surface area contributed by atoms with E-state index in [1.807, 2.05) is 0 Å². The second-order valence-electron chi connectivity index (χ2n) is 3.35. The van der Waals surface area contributed by atoms with Crippen molar-refractivity contribution in [2.75, 3.05) is 6.61 Å². The molecule has 0 aliphatic rings. The Labute approximate surface area is 113 Å². The Morgan fingerprint density at radius 2 is 1.40 bits per heavy atom. The van der Waals surface area contributed by atoms with E-state index >= 15 is 0 Å². The average molecular weight is 340 g/mol. The van der Waals surface area contributed by atoms with Crippen LogP contribution in [0.15, 0.2) is 0 Å². The van der Waals surface area contributed by atoms with E-state index in [1.54, 1.807) is 0 Å². The summed E-state index contributed by atoms with van der Waals surface area (Å²) in [7, 11) is -10.3. The molecule has 0 amide bonds. The van der Waals surface area contributed by atoms with Gasteiger partial charge in [-0.05, 0) is 0 Å². The zero-order valence-electron chi connectivity index (χ0n) is 9.50. The molecule has 12 nitrogen and oxygen atoms in total. The molecule has 14 heteroatoms. The maximum Gasteiger partial charge on any atom is 0.398 e. The van der Waals surface area contributed by atoms with Gasteiger partial charge in [-0.25, -0.2) is 8.37 Å². The highest BCUT2D eigenvalue weighted by Crippen LogP contribution is 2.12. The van der Waals surface area contributed by atoms with Crippen LogP contribution in [0.25, 0.3) is 0 Å². The number of carbonyl (C=O) groups is 1. The lowest BCUT2D eigenvalue weighted by atomic mass is 10.0. The molecule has 0 rings (SSSR count). The van der Waals surface area contributed by atoms with E-state index in [9.17, 15) is 31.8 Å². The Kier molecular flexibility index (Phi) is 7.08. The van der Waals surface area contributed by atoms with Crippen molar-refractivity contribution in [3.05, 3.63) is 0 Å². The molecule has 20 heavy (non-hydrogen) atoms. The predicted molar refractivity (Wildman–Crippen MR) is 58.0 cm³/mol. The van der Waals surface area contributed by atoms with E-state index in [0.29, 0.717) is 0 Å². The average Bonchev–Trinajstić information content (AvgIpc) is 2.28. The summed E-state index contributed by atoms with van der Waals surface area (Å²) in [5.41, 5.74) is 0. The fourth-order valence-corrected chi connectivity index (χ4v) is 1.99. The summed E-state index contributed by atoms with van der Waals surface area (Å²) in [6, 6.07) is 0. The van der Waals surface area contributed by atoms with Crippen molar-refractivity contribution in [1.82, 2.24) is 0 Å². The number of rotatable bonds is 9. The quantitative estimate of drug-likeness (QED) is 0.203. The lowest BCUT2D eigenvalue weighted by molar-refractivity contribution is -0.131. The Balaban J connectivity index is 5.03. The predicted octanol–water partition coefficient (Wildman–Crippen LogP) is -3.72. The van der Waals surface area contributed by atoms with Crippen LogP contribution in [0.1, 0.15) is 0 Å². The first-order valence-corrected chi connectivity index (χ1v) is 7.38. The summed E-state index contributed by atoms with van der Waals surface area (Å²) in [5, 5.41) is 27.5. The van der Waals surface area contributed by atoms with Crippen LogP contribution in [0, 0.1) is 0 Å². The number of carbonyl (C=O) groups excluding carboxylic acids is 1. The monoisotopic (exact) mass is 340 g/mol. The zero-order chi connectivity index (χ0) is 16.1. The van der Waals surface area contributed by atoms with Gasteiger partial charge in [0.15, 0.2) is 12.4 Å². The van der Waals surface area contributed by atoms with Gasteiger partial charge in [-0.1, -0.05) is 0 Å². The zero-order valence-corrected chi connectivity index (χ0v) is 11.1. The molecule has 0 saturated carbocycles. The molecule has 0 aliphatic heterocycles.